The van der Waals surface area contributed by atoms with Crippen LogP contribution in [0.5, 0.6) is 0 Å². The number of thioether (sulfide) groups is 1. The topological polar surface area (TPSA) is 78.5 Å². The van der Waals surface area contributed by atoms with Crippen molar-refractivity contribution >= 4 is 34.0 Å². The van der Waals surface area contributed by atoms with Crippen molar-refractivity contribution in [2.75, 3.05) is 0 Å². The number of hydrogen-bond acceptors (Lipinski definition) is 7. The van der Waals surface area contributed by atoms with E-state index in [1.807, 2.05) is 35.1 Å². The van der Waals surface area contributed by atoms with E-state index in [9.17, 15) is 4.79 Å². The molecule has 0 fully saturated rings. The molecule has 0 saturated heterocycles. The van der Waals surface area contributed by atoms with Crippen LogP contribution in [0.3, 0.4) is 0 Å². The average Bonchev–Trinajstić information content (AvgIpc) is 3.35. The van der Waals surface area contributed by atoms with Gasteiger partial charge in [-0.1, -0.05) is 42.5 Å². The van der Waals surface area contributed by atoms with Gasteiger partial charge in [0.1, 0.15) is 5.52 Å². The van der Waals surface area contributed by atoms with Gasteiger partial charge in [-0.15, -0.1) is 26.6 Å². The molecule has 1 aliphatic carbocycles. The van der Waals surface area contributed by atoms with Gasteiger partial charge in [-0.25, -0.2) is 0 Å². The number of rotatable bonds is 5. The molecule has 0 amide bonds. The summed E-state index contributed by atoms with van der Waals surface area (Å²) >= 11 is 3.27. The fraction of sp³-hybridized carbons (Fsp3) is 0.381. The first kappa shape index (κ1) is 19.4. The molecule has 0 radical (unpaired) electrons. The van der Waals surface area contributed by atoms with E-state index in [1.54, 1.807) is 12.1 Å². The van der Waals surface area contributed by atoms with Crippen LogP contribution in [0.4, 0.5) is 0 Å². The van der Waals surface area contributed by atoms with Crippen molar-refractivity contribution < 1.29 is 0 Å². The minimum atomic E-state index is -0.146. The van der Waals surface area contributed by atoms with E-state index in [0.717, 1.165) is 16.9 Å². The Balaban J connectivity index is 1.37. The lowest BCUT2D eigenvalue weighted by Gasteiger charge is -2.19. The summed E-state index contributed by atoms with van der Waals surface area (Å²) in [6.45, 7) is 2.28. The zero-order chi connectivity index (χ0) is 20.7. The Morgan fingerprint density at radius 2 is 2.10 bits per heavy atom. The molecule has 154 valence electrons. The Labute approximate surface area is 182 Å². The zero-order valence-electron chi connectivity index (χ0n) is 16.9. The molecule has 0 spiro atoms. The zero-order valence-corrected chi connectivity index (χ0v) is 18.5. The number of aromatic nitrogens is 6. The highest BCUT2D eigenvalue weighted by Gasteiger charge is 2.22. The highest BCUT2D eigenvalue weighted by atomic mass is 32.2. The highest BCUT2D eigenvalue weighted by Crippen LogP contribution is 2.38. The third-order valence-corrected chi connectivity index (χ3v) is 7.98. The molecule has 9 heteroatoms. The van der Waals surface area contributed by atoms with Crippen molar-refractivity contribution in [2.24, 2.45) is 13.0 Å². The predicted octanol–water partition coefficient (Wildman–Crippen LogP) is 3.91. The van der Waals surface area contributed by atoms with Crippen LogP contribution in [0.1, 0.15) is 30.2 Å². The van der Waals surface area contributed by atoms with Crippen molar-refractivity contribution in [2.45, 2.75) is 43.6 Å². The molecule has 1 aromatic carbocycles. The van der Waals surface area contributed by atoms with Gasteiger partial charge >= 0.3 is 0 Å². The minimum absolute atomic E-state index is 0.146. The van der Waals surface area contributed by atoms with Gasteiger partial charge in [-0.3, -0.25) is 4.79 Å². The second-order valence-electron chi connectivity index (χ2n) is 7.63. The molecule has 0 saturated carbocycles. The van der Waals surface area contributed by atoms with Crippen LogP contribution in [0.15, 0.2) is 40.3 Å². The van der Waals surface area contributed by atoms with Crippen LogP contribution in [0, 0.1) is 5.92 Å². The summed E-state index contributed by atoms with van der Waals surface area (Å²) in [6, 6.07) is 9.54. The van der Waals surface area contributed by atoms with Gasteiger partial charge < -0.3 is 4.57 Å². The smallest absolute Gasteiger partial charge is 0.278 e. The summed E-state index contributed by atoms with van der Waals surface area (Å²) < 4.78 is 3.37. The Hall–Kier alpha value is -2.52. The van der Waals surface area contributed by atoms with Gasteiger partial charge in [-0.2, -0.15) is 4.68 Å². The maximum absolute atomic E-state index is 12.6. The van der Waals surface area contributed by atoms with E-state index < -0.39 is 0 Å². The molecular weight excluding hydrogens is 416 g/mol. The Morgan fingerprint density at radius 1 is 1.23 bits per heavy atom. The minimum Gasteiger partial charge on any atom is -0.304 e. The third-order valence-electron chi connectivity index (χ3n) is 5.76. The number of aryl methyl sites for hydroxylation is 1. The number of nitrogens with zero attached hydrogens (tertiary/aromatic N) is 6. The molecule has 0 bridgehead atoms. The fourth-order valence-corrected chi connectivity index (χ4v) is 5.95. The maximum Gasteiger partial charge on any atom is 0.278 e. The monoisotopic (exact) mass is 438 g/mol. The number of fused-ring (bicyclic) bond motifs is 2. The van der Waals surface area contributed by atoms with Crippen LogP contribution in [-0.2, 0) is 25.8 Å². The molecule has 1 aliphatic rings. The van der Waals surface area contributed by atoms with Crippen molar-refractivity contribution in [3.8, 4) is 10.7 Å². The van der Waals surface area contributed by atoms with E-state index in [0.29, 0.717) is 16.8 Å². The number of hydrogen-bond donors (Lipinski definition) is 0. The van der Waals surface area contributed by atoms with Crippen LogP contribution in [0.25, 0.3) is 21.6 Å². The fourth-order valence-electron chi connectivity index (χ4n) is 3.94. The van der Waals surface area contributed by atoms with Crippen LogP contribution < -0.4 is 5.56 Å². The average molecular weight is 439 g/mol. The third kappa shape index (κ3) is 3.45. The standard InChI is InChI=1S/C21H22N6OS2/c1-3-13-8-9-17-14(10-13)11-18(30-17)19-23-24-21(26(19)2)29-12-27-20(28)15-6-4-5-7-16(15)22-25-27/h4-7,11,13H,3,8-10,12H2,1-2H3. The molecule has 1 unspecified atom stereocenters. The lowest BCUT2D eigenvalue weighted by molar-refractivity contribution is 0.449. The van der Waals surface area contributed by atoms with Gasteiger partial charge in [-0.05, 0) is 48.9 Å². The Morgan fingerprint density at radius 3 is 2.97 bits per heavy atom. The summed E-state index contributed by atoms with van der Waals surface area (Å²) in [7, 11) is 1.97. The summed E-state index contributed by atoms with van der Waals surface area (Å²) in [5.41, 5.74) is 1.94. The van der Waals surface area contributed by atoms with Crippen molar-refractivity contribution in [1.82, 2.24) is 29.8 Å². The van der Waals surface area contributed by atoms with Crippen molar-refractivity contribution in [3.63, 3.8) is 0 Å². The molecular formula is C21H22N6OS2. The van der Waals surface area contributed by atoms with Gasteiger partial charge in [0.25, 0.3) is 5.56 Å². The second kappa shape index (κ2) is 7.96. The molecule has 4 aromatic rings. The molecule has 0 N–H and O–H groups in total. The lowest BCUT2D eigenvalue weighted by Crippen LogP contribution is -2.23. The molecule has 3 heterocycles. The molecule has 0 aliphatic heterocycles. The highest BCUT2D eigenvalue weighted by molar-refractivity contribution is 7.98. The quantitative estimate of drug-likeness (QED) is 0.440. The van der Waals surface area contributed by atoms with Gasteiger partial charge in [0.2, 0.25) is 0 Å². The lowest BCUT2D eigenvalue weighted by atomic mass is 9.87. The Kier molecular flexibility index (Phi) is 5.16. The van der Waals surface area contributed by atoms with Crippen molar-refractivity contribution in [3.05, 3.63) is 51.1 Å². The van der Waals surface area contributed by atoms with E-state index in [4.69, 9.17) is 0 Å². The first-order chi connectivity index (χ1) is 14.6. The van der Waals surface area contributed by atoms with Gasteiger partial charge in [0, 0.05) is 11.9 Å². The number of benzene rings is 1. The summed E-state index contributed by atoms with van der Waals surface area (Å²) in [5, 5.41) is 18.3. The summed E-state index contributed by atoms with van der Waals surface area (Å²) in [4.78, 5) is 15.3. The second-order valence-corrected chi connectivity index (χ2v) is 9.67. The van der Waals surface area contributed by atoms with Crippen LogP contribution in [0.2, 0.25) is 0 Å². The molecule has 5 rings (SSSR count). The largest absolute Gasteiger partial charge is 0.304 e. The normalized spacial score (nSPS) is 16.1. The first-order valence-electron chi connectivity index (χ1n) is 10.1. The van der Waals surface area contributed by atoms with E-state index in [-0.39, 0.29) is 5.56 Å². The maximum atomic E-state index is 12.6. The van der Waals surface area contributed by atoms with E-state index >= 15 is 0 Å². The molecule has 30 heavy (non-hydrogen) atoms. The van der Waals surface area contributed by atoms with E-state index in [2.05, 4.69) is 33.5 Å². The molecule has 1 atom stereocenters. The predicted molar refractivity (Wildman–Crippen MR) is 120 cm³/mol. The summed E-state index contributed by atoms with van der Waals surface area (Å²) in [5.74, 6) is 2.01. The Bertz CT molecular complexity index is 1270. The van der Waals surface area contributed by atoms with E-state index in [1.165, 1.54) is 57.4 Å². The first-order valence-corrected chi connectivity index (χ1v) is 11.9. The van der Waals surface area contributed by atoms with Gasteiger partial charge in [0.15, 0.2) is 11.0 Å². The molecule has 7 nitrogen and oxygen atoms in total. The summed E-state index contributed by atoms with van der Waals surface area (Å²) in [6.07, 6.45) is 4.87. The van der Waals surface area contributed by atoms with Crippen LogP contribution in [-0.4, -0.2) is 29.8 Å². The van der Waals surface area contributed by atoms with Crippen LogP contribution >= 0.6 is 23.1 Å². The molecule has 3 aromatic heterocycles. The number of thiophene rings is 1. The SMILES string of the molecule is CCC1CCc2sc(-c3nnc(SCn4nnc5ccccc5c4=O)n3C)cc2C1. The van der Waals surface area contributed by atoms with Crippen molar-refractivity contribution in [1.29, 1.82) is 0 Å². The van der Waals surface area contributed by atoms with Gasteiger partial charge in [0.05, 0.1) is 16.1 Å².